The van der Waals surface area contributed by atoms with Crippen molar-refractivity contribution in [3.8, 4) is 0 Å². The van der Waals surface area contributed by atoms with Gasteiger partial charge in [0.05, 0.1) is 9.92 Å². The third-order valence-corrected chi connectivity index (χ3v) is 4.95. The van der Waals surface area contributed by atoms with Crippen molar-refractivity contribution < 1.29 is 12.8 Å². The molecular formula is C14H12Cl2FNO2S. The molecule has 0 heterocycles. The smallest absolute Gasteiger partial charge is 0.207 e. The highest BCUT2D eigenvalue weighted by Gasteiger charge is 2.19. The normalized spacial score (nSPS) is 13.1. The highest BCUT2D eigenvalue weighted by molar-refractivity contribution is 7.89. The summed E-state index contributed by atoms with van der Waals surface area (Å²) in [5.41, 5.74) is 0.722. The lowest BCUT2D eigenvalue weighted by atomic mass is 10.1. The van der Waals surface area contributed by atoms with Gasteiger partial charge in [-0.25, -0.2) is 17.5 Å². The number of benzene rings is 2. The Morgan fingerprint density at radius 2 is 1.86 bits per heavy atom. The molecule has 1 N–H and O–H groups in total. The van der Waals surface area contributed by atoms with Crippen LogP contribution in [-0.4, -0.2) is 8.42 Å². The van der Waals surface area contributed by atoms with Gasteiger partial charge in [-0.05, 0) is 42.8 Å². The average molecular weight is 348 g/mol. The van der Waals surface area contributed by atoms with E-state index in [9.17, 15) is 12.8 Å². The molecule has 0 amide bonds. The van der Waals surface area contributed by atoms with Crippen LogP contribution < -0.4 is 4.72 Å². The summed E-state index contributed by atoms with van der Waals surface area (Å²) >= 11 is 11.5. The van der Waals surface area contributed by atoms with E-state index in [-0.39, 0.29) is 9.92 Å². The predicted octanol–water partition coefficient (Wildman–Crippen LogP) is 4.17. The van der Waals surface area contributed by atoms with Gasteiger partial charge in [-0.1, -0.05) is 35.3 Å². The van der Waals surface area contributed by atoms with Crippen molar-refractivity contribution in [3.63, 3.8) is 0 Å². The predicted molar refractivity (Wildman–Crippen MR) is 81.6 cm³/mol. The van der Waals surface area contributed by atoms with Crippen LogP contribution in [-0.2, 0) is 10.0 Å². The number of nitrogens with one attached hydrogen (secondary N) is 1. The fraction of sp³-hybridized carbons (Fsp3) is 0.143. The SMILES string of the molecule is CC(NS(=O)(=O)c1ccc(F)c(Cl)c1)c1cccc(Cl)c1. The van der Waals surface area contributed by atoms with Crippen LogP contribution >= 0.6 is 23.2 Å². The maximum atomic E-state index is 13.1. The van der Waals surface area contributed by atoms with Crippen LogP contribution in [0.2, 0.25) is 10.0 Å². The van der Waals surface area contributed by atoms with Gasteiger partial charge in [0, 0.05) is 11.1 Å². The molecule has 0 saturated carbocycles. The molecule has 0 radical (unpaired) electrons. The van der Waals surface area contributed by atoms with Crippen molar-refractivity contribution in [2.24, 2.45) is 0 Å². The molecule has 3 nitrogen and oxygen atoms in total. The summed E-state index contributed by atoms with van der Waals surface area (Å²) < 4.78 is 40.1. The molecular weight excluding hydrogens is 336 g/mol. The Morgan fingerprint density at radius 1 is 1.14 bits per heavy atom. The van der Waals surface area contributed by atoms with Gasteiger partial charge in [-0.3, -0.25) is 0 Å². The van der Waals surface area contributed by atoms with Gasteiger partial charge < -0.3 is 0 Å². The van der Waals surface area contributed by atoms with Crippen LogP contribution in [0, 0.1) is 5.82 Å². The van der Waals surface area contributed by atoms with E-state index in [1.165, 1.54) is 0 Å². The zero-order valence-corrected chi connectivity index (χ0v) is 13.3. The van der Waals surface area contributed by atoms with E-state index in [1.54, 1.807) is 31.2 Å². The average Bonchev–Trinajstić information content (AvgIpc) is 2.41. The molecule has 2 aromatic rings. The monoisotopic (exact) mass is 347 g/mol. The van der Waals surface area contributed by atoms with Crippen molar-refractivity contribution in [2.45, 2.75) is 17.9 Å². The Kier molecular flexibility index (Phi) is 4.88. The third-order valence-electron chi connectivity index (χ3n) is 2.88. The second-order valence-electron chi connectivity index (χ2n) is 4.47. The summed E-state index contributed by atoms with van der Waals surface area (Å²) in [6.45, 7) is 1.69. The maximum Gasteiger partial charge on any atom is 0.241 e. The molecule has 0 aliphatic rings. The Labute approximate surface area is 132 Å². The van der Waals surface area contributed by atoms with Crippen molar-refractivity contribution >= 4 is 33.2 Å². The maximum absolute atomic E-state index is 13.1. The summed E-state index contributed by atoms with van der Waals surface area (Å²) in [4.78, 5) is -0.0946. The molecule has 0 aliphatic heterocycles. The summed E-state index contributed by atoms with van der Waals surface area (Å²) in [7, 11) is -3.80. The Balaban J connectivity index is 2.26. The lowest BCUT2D eigenvalue weighted by Gasteiger charge is -2.15. The second kappa shape index (κ2) is 6.32. The number of halogens is 3. The first-order valence-electron chi connectivity index (χ1n) is 6.02. The van der Waals surface area contributed by atoms with Crippen LogP contribution in [0.4, 0.5) is 4.39 Å². The van der Waals surface area contributed by atoms with Crippen molar-refractivity contribution in [1.29, 1.82) is 0 Å². The number of rotatable bonds is 4. The van der Waals surface area contributed by atoms with Crippen molar-refractivity contribution in [2.75, 3.05) is 0 Å². The van der Waals surface area contributed by atoms with Crippen LogP contribution in [0.15, 0.2) is 47.4 Å². The van der Waals surface area contributed by atoms with E-state index < -0.39 is 21.9 Å². The largest absolute Gasteiger partial charge is 0.241 e. The van der Waals surface area contributed by atoms with Crippen LogP contribution in [0.25, 0.3) is 0 Å². The Morgan fingerprint density at radius 3 is 2.48 bits per heavy atom. The minimum atomic E-state index is -3.80. The zero-order chi connectivity index (χ0) is 15.6. The summed E-state index contributed by atoms with van der Waals surface area (Å²) in [5.74, 6) is -0.668. The first-order chi connectivity index (χ1) is 9.79. The molecule has 0 spiro atoms. The Bertz CT molecular complexity index is 765. The van der Waals surface area contributed by atoms with Crippen molar-refractivity contribution in [3.05, 3.63) is 63.9 Å². The molecule has 0 bridgehead atoms. The minimum absolute atomic E-state index is 0.0946. The molecule has 112 valence electrons. The third kappa shape index (κ3) is 3.95. The molecule has 0 aromatic heterocycles. The fourth-order valence-electron chi connectivity index (χ4n) is 1.79. The van der Waals surface area contributed by atoms with E-state index in [0.717, 1.165) is 23.8 Å². The van der Waals surface area contributed by atoms with Gasteiger partial charge in [0.25, 0.3) is 0 Å². The van der Waals surface area contributed by atoms with Gasteiger partial charge in [-0.15, -0.1) is 0 Å². The molecule has 1 atom stereocenters. The summed E-state index contributed by atoms with van der Waals surface area (Å²) in [5, 5.41) is 0.275. The van der Waals surface area contributed by atoms with Crippen LogP contribution in [0.3, 0.4) is 0 Å². The molecule has 7 heteroatoms. The second-order valence-corrected chi connectivity index (χ2v) is 7.03. The molecule has 2 aromatic carbocycles. The van der Waals surface area contributed by atoms with Crippen LogP contribution in [0.1, 0.15) is 18.5 Å². The molecule has 0 saturated heterocycles. The van der Waals surface area contributed by atoms with E-state index in [1.807, 2.05) is 0 Å². The molecule has 0 fully saturated rings. The number of sulfonamides is 1. The fourth-order valence-corrected chi connectivity index (χ4v) is 3.49. The number of hydrogen-bond acceptors (Lipinski definition) is 2. The Hall–Kier alpha value is -1.14. The van der Waals surface area contributed by atoms with Gasteiger partial charge in [0.1, 0.15) is 5.82 Å². The number of hydrogen-bond donors (Lipinski definition) is 1. The lowest BCUT2D eigenvalue weighted by Crippen LogP contribution is -2.26. The van der Waals surface area contributed by atoms with Gasteiger partial charge in [0.2, 0.25) is 10.0 Å². The highest BCUT2D eigenvalue weighted by Crippen LogP contribution is 2.22. The van der Waals surface area contributed by atoms with Crippen LogP contribution in [0.5, 0.6) is 0 Å². The summed E-state index contributed by atoms with van der Waals surface area (Å²) in [6.07, 6.45) is 0. The lowest BCUT2D eigenvalue weighted by molar-refractivity contribution is 0.566. The molecule has 21 heavy (non-hydrogen) atoms. The topological polar surface area (TPSA) is 46.2 Å². The van der Waals surface area contributed by atoms with E-state index in [2.05, 4.69) is 4.72 Å². The standard InChI is InChI=1S/C14H12Cl2FNO2S/c1-9(10-3-2-4-11(15)7-10)18-21(19,20)12-5-6-14(17)13(16)8-12/h2-9,18H,1H3. The zero-order valence-electron chi connectivity index (χ0n) is 11.0. The van der Waals surface area contributed by atoms with Crippen molar-refractivity contribution in [1.82, 2.24) is 4.72 Å². The molecule has 0 aliphatic carbocycles. The minimum Gasteiger partial charge on any atom is -0.207 e. The first-order valence-corrected chi connectivity index (χ1v) is 8.26. The van der Waals surface area contributed by atoms with E-state index >= 15 is 0 Å². The summed E-state index contributed by atoms with van der Waals surface area (Å²) in [6, 6.07) is 9.63. The first kappa shape index (κ1) is 16.2. The molecule has 2 rings (SSSR count). The van der Waals surface area contributed by atoms with E-state index in [0.29, 0.717) is 5.02 Å². The van der Waals surface area contributed by atoms with E-state index in [4.69, 9.17) is 23.2 Å². The highest BCUT2D eigenvalue weighted by atomic mass is 35.5. The van der Waals surface area contributed by atoms with Gasteiger partial charge in [-0.2, -0.15) is 0 Å². The van der Waals surface area contributed by atoms with Gasteiger partial charge >= 0.3 is 0 Å². The molecule has 1 unspecified atom stereocenters. The van der Waals surface area contributed by atoms with Gasteiger partial charge in [0.15, 0.2) is 0 Å². The quantitative estimate of drug-likeness (QED) is 0.901.